The third-order valence-electron chi connectivity index (χ3n) is 3.72. The van der Waals surface area contributed by atoms with Crippen LogP contribution in [0.5, 0.6) is 11.5 Å². The largest absolute Gasteiger partial charge is 0.496 e. The summed E-state index contributed by atoms with van der Waals surface area (Å²) in [6, 6.07) is 14.4. The first-order valence-electron chi connectivity index (χ1n) is 7.94. The van der Waals surface area contributed by atoms with Gasteiger partial charge in [0.1, 0.15) is 17.1 Å². The molecule has 0 aliphatic heterocycles. The van der Waals surface area contributed by atoms with Gasteiger partial charge in [0, 0.05) is 5.56 Å². The minimum Gasteiger partial charge on any atom is -0.496 e. The van der Waals surface area contributed by atoms with Gasteiger partial charge in [-0.2, -0.15) is 0 Å². The van der Waals surface area contributed by atoms with Crippen LogP contribution in [-0.4, -0.2) is 30.4 Å². The predicted octanol–water partition coefficient (Wildman–Crippen LogP) is 3.67. The van der Waals surface area contributed by atoms with E-state index in [1.165, 1.54) is 14.2 Å². The summed E-state index contributed by atoms with van der Waals surface area (Å²) in [5.74, 6) is 0.671. The number of carbonyl (C=O) groups is 1. The zero-order valence-electron chi connectivity index (χ0n) is 14.6. The third-order valence-corrected chi connectivity index (χ3v) is 3.72. The van der Waals surface area contributed by atoms with Gasteiger partial charge < -0.3 is 18.6 Å². The standard InChI is InChI=1S/C19H18N2O5/c1-12(17-20-21-18(26-17)13-8-5-4-6-9-13)25-19(22)16-14(23-2)10-7-11-15(16)24-3/h4-12H,1-3H3. The molecule has 2 aromatic carbocycles. The van der Waals surface area contributed by atoms with Crippen LogP contribution in [-0.2, 0) is 4.74 Å². The highest BCUT2D eigenvalue weighted by atomic mass is 16.6. The second-order valence-corrected chi connectivity index (χ2v) is 5.40. The Bertz CT molecular complexity index is 870. The van der Waals surface area contributed by atoms with Crippen molar-refractivity contribution in [3.05, 3.63) is 60.0 Å². The lowest BCUT2D eigenvalue weighted by atomic mass is 10.1. The molecule has 0 aliphatic rings. The van der Waals surface area contributed by atoms with Crippen molar-refractivity contribution in [1.29, 1.82) is 0 Å². The molecule has 0 spiro atoms. The topological polar surface area (TPSA) is 83.7 Å². The molecule has 1 aromatic heterocycles. The summed E-state index contributed by atoms with van der Waals surface area (Å²) in [4.78, 5) is 12.6. The number of ether oxygens (including phenoxy) is 3. The third kappa shape index (κ3) is 3.51. The Balaban J connectivity index is 1.80. The van der Waals surface area contributed by atoms with Crippen molar-refractivity contribution in [3.8, 4) is 23.0 Å². The van der Waals surface area contributed by atoms with Crippen molar-refractivity contribution >= 4 is 5.97 Å². The minimum absolute atomic E-state index is 0.200. The van der Waals surface area contributed by atoms with E-state index in [0.29, 0.717) is 17.4 Å². The number of esters is 1. The van der Waals surface area contributed by atoms with E-state index in [-0.39, 0.29) is 11.5 Å². The Kier molecular flexibility index (Phi) is 5.17. The van der Waals surface area contributed by atoms with Gasteiger partial charge in [0.2, 0.25) is 5.89 Å². The van der Waals surface area contributed by atoms with Crippen molar-refractivity contribution in [3.63, 3.8) is 0 Å². The lowest BCUT2D eigenvalue weighted by Crippen LogP contribution is -2.12. The highest BCUT2D eigenvalue weighted by Crippen LogP contribution is 2.31. The maximum absolute atomic E-state index is 12.6. The Hall–Kier alpha value is -3.35. The van der Waals surface area contributed by atoms with Gasteiger partial charge in [-0.1, -0.05) is 24.3 Å². The summed E-state index contributed by atoms with van der Waals surface area (Å²) in [6.45, 7) is 1.65. The van der Waals surface area contributed by atoms with Crippen LogP contribution in [0.4, 0.5) is 0 Å². The molecule has 7 heteroatoms. The van der Waals surface area contributed by atoms with Gasteiger partial charge in [-0.25, -0.2) is 4.79 Å². The zero-order chi connectivity index (χ0) is 18.5. The smallest absolute Gasteiger partial charge is 0.346 e. The molecule has 134 valence electrons. The number of methoxy groups -OCH3 is 2. The van der Waals surface area contributed by atoms with E-state index in [9.17, 15) is 4.79 Å². The number of aromatic nitrogens is 2. The SMILES string of the molecule is COc1cccc(OC)c1C(=O)OC(C)c1nnc(-c2ccccc2)o1. The predicted molar refractivity (Wildman–Crippen MR) is 93.1 cm³/mol. The van der Waals surface area contributed by atoms with Gasteiger partial charge in [-0.3, -0.25) is 0 Å². The molecule has 0 saturated carbocycles. The quantitative estimate of drug-likeness (QED) is 0.624. The van der Waals surface area contributed by atoms with Gasteiger partial charge in [0.25, 0.3) is 5.89 Å². The lowest BCUT2D eigenvalue weighted by molar-refractivity contribution is 0.0273. The van der Waals surface area contributed by atoms with Crippen molar-refractivity contribution in [2.75, 3.05) is 14.2 Å². The summed E-state index contributed by atoms with van der Waals surface area (Å²) in [6.07, 6.45) is -0.734. The Labute approximate surface area is 150 Å². The number of carbonyl (C=O) groups excluding carboxylic acids is 1. The number of hydrogen-bond donors (Lipinski definition) is 0. The second-order valence-electron chi connectivity index (χ2n) is 5.40. The van der Waals surface area contributed by atoms with E-state index >= 15 is 0 Å². The average Bonchev–Trinajstić information content (AvgIpc) is 3.18. The van der Waals surface area contributed by atoms with Crippen LogP contribution in [0.2, 0.25) is 0 Å². The fraction of sp³-hybridized carbons (Fsp3) is 0.211. The van der Waals surface area contributed by atoms with E-state index in [2.05, 4.69) is 10.2 Å². The summed E-state index contributed by atoms with van der Waals surface area (Å²) < 4.78 is 21.5. The molecule has 1 unspecified atom stereocenters. The summed E-state index contributed by atoms with van der Waals surface area (Å²) in [5, 5.41) is 7.97. The van der Waals surface area contributed by atoms with E-state index in [4.69, 9.17) is 18.6 Å². The average molecular weight is 354 g/mol. The van der Waals surface area contributed by atoms with E-state index in [1.54, 1.807) is 25.1 Å². The molecule has 0 amide bonds. The molecule has 0 saturated heterocycles. The van der Waals surface area contributed by atoms with Crippen LogP contribution in [0, 0.1) is 0 Å². The maximum atomic E-state index is 12.6. The van der Waals surface area contributed by atoms with Crippen LogP contribution >= 0.6 is 0 Å². The molecule has 1 heterocycles. The van der Waals surface area contributed by atoms with Crippen molar-refractivity contribution in [1.82, 2.24) is 10.2 Å². The molecule has 0 fully saturated rings. The number of nitrogens with zero attached hydrogens (tertiary/aromatic N) is 2. The lowest BCUT2D eigenvalue weighted by Gasteiger charge is -2.14. The van der Waals surface area contributed by atoms with Crippen LogP contribution in [0.15, 0.2) is 52.9 Å². The molecule has 7 nitrogen and oxygen atoms in total. The van der Waals surface area contributed by atoms with E-state index in [0.717, 1.165) is 5.56 Å². The molecule has 3 aromatic rings. The number of rotatable bonds is 6. The van der Waals surface area contributed by atoms with Crippen molar-refractivity contribution in [2.45, 2.75) is 13.0 Å². The van der Waals surface area contributed by atoms with E-state index < -0.39 is 12.1 Å². The van der Waals surface area contributed by atoms with E-state index in [1.807, 2.05) is 30.3 Å². The molecule has 3 rings (SSSR count). The summed E-state index contributed by atoms with van der Waals surface area (Å²) in [7, 11) is 2.94. The Morgan fingerprint density at radius 3 is 2.23 bits per heavy atom. The normalized spacial score (nSPS) is 11.7. The fourth-order valence-corrected chi connectivity index (χ4v) is 2.42. The molecular formula is C19H18N2O5. The van der Waals surface area contributed by atoms with Crippen LogP contribution in [0.3, 0.4) is 0 Å². The first-order chi connectivity index (χ1) is 12.6. The first kappa shape index (κ1) is 17.5. The molecule has 1 atom stereocenters. The van der Waals surface area contributed by atoms with Crippen molar-refractivity contribution in [2.24, 2.45) is 0 Å². The maximum Gasteiger partial charge on any atom is 0.346 e. The summed E-state index contributed by atoms with van der Waals surface area (Å²) >= 11 is 0. The van der Waals surface area contributed by atoms with Gasteiger partial charge in [0.15, 0.2) is 6.10 Å². The zero-order valence-corrected chi connectivity index (χ0v) is 14.6. The molecular weight excluding hydrogens is 336 g/mol. The van der Waals surface area contributed by atoms with Gasteiger partial charge in [-0.15, -0.1) is 10.2 Å². The Morgan fingerprint density at radius 1 is 0.962 bits per heavy atom. The minimum atomic E-state index is -0.734. The van der Waals surface area contributed by atoms with Crippen LogP contribution in [0.25, 0.3) is 11.5 Å². The van der Waals surface area contributed by atoms with Gasteiger partial charge in [-0.05, 0) is 31.2 Å². The molecule has 0 aliphatic carbocycles. The first-order valence-corrected chi connectivity index (χ1v) is 7.94. The molecule has 26 heavy (non-hydrogen) atoms. The molecule has 0 bridgehead atoms. The molecule has 0 radical (unpaired) electrons. The van der Waals surface area contributed by atoms with Gasteiger partial charge in [0.05, 0.1) is 14.2 Å². The Morgan fingerprint density at radius 2 is 1.62 bits per heavy atom. The molecule has 0 N–H and O–H groups in total. The van der Waals surface area contributed by atoms with Gasteiger partial charge >= 0.3 is 5.97 Å². The van der Waals surface area contributed by atoms with Crippen molar-refractivity contribution < 1.29 is 23.4 Å². The fourth-order valence-electron chi connectivity index (χ4n) is 2.42. The summed E-state index contributed by atoms with van der Waals surface area (Å²) in [5.41, 5.74) is 0.989. The number of hydrogen-bond acceptors (Lipinski definition) is 7. The van der Waals surface area contributed by atoms with Crippen LogP contribution in [0.1, 0.15) is 29.3 Å². The van der Waals surface area contributed by atoms with Crippen LogP contribution < -0.4 is 9.47 Å². The second kappa shape index (κ2) is 7.69. The number of benzene rings is 2. The highest BCUT2D eigenvalue weighted by molar-refractivity contribution is 5.95. The highest BCUT2D eigenvalue weighted by Gasteiger charge is 2.25. The monoisotopic (exact) mass is 354 g/mol.